The number of nitrogens with zero attached hydrogens (tertiary/aromatic N) is 1. The Balaban J connectivity index is 1.53. The number of rotatable bonds is 5. The first-order valence-electron chi connectivity index (χ1n) is 10.5. The van der Waals surface area contributed by atoms with Gasteiger partial charge in [-0.25, -0.2) is 8.42 Å². The van der Waals surface area contributed by atoms with Crippen molar-refractivity contribution in [3.8, 4) is 0 Å². The predicted molar refractivity (Wildman–Crippen MR) is 110 cm³/mol. The fourth-order valence-electron chi connectivity index (χ4n) is 4.46. The highest BCUT2D eigenvalue weighted by molar-refractivity contribution is 7.89. The summed E-state index contributed by atoms with van der Waals surface area (Å²) in [6.45, 7) is 8.70. The SMILES string of the molecule is Cc1ccc(S(=O)(=O)N2CC[NH+](CC(=O)N[C@@H]3CCCC[C@@H]3C)CC2)c(C)c1. The molecule has 1 aromatic rings. The zero-order valence-corrected chi connectivity index (χ0v) is 18.1. The fraction of sp³-hybridized carbons (Fsp3) is 0.667. The molecule has 1 amide bonds. The average molecular weight is 409 g/mol. The lowest BCUT2D eigenvalue weighted by molar-refractivity contribution is -0.895. The van der Waals surface area contributed by atoms with Crippen LogP contribution in [0.4, 0.5) is 0 Å². The van der Waals surface area contributed by atoms with E-state index in [1.807, 2.05) is 26.0 Å². The Morgan fingerprint density at radius 1 is 1.18 bits per heavy atom. The van der Waals surface area contributed by atoms with Crippen molar-refractivity contribution in [2.75, 3.05) is 32.7 Å². The third kappa shape index (κ3) is 4.93. The molecule has 1 saturated heterocycles. The van der Waals surface area contributed by atoms with Crippen LogP contribution in [0.5, 0.6) is 0 Å². The first-order valence-corrected chi connectivity index (χ1v) is 11.9. The number of sulfonamides is 1. The Hall–Kier alpha value is -1.44. The lowest BCUT2D eigenvalue weighted by atomic mass is 9.86. The van der Waals surface area contributed by atoms with E-state index in [1.54, 1.807) is 10.4 Å². The summed E-state index contributed by atoms with van der Waals surface area (Å²) in [6.07, 6.45) is 4.71. The largest absolute Gasteiger partial charge is 0.348 e. The molecule has 2 aliphatic rings. The van der Waals surface area contributed by atoms with Crippen LogP contribution in [-0.2, 0) is 14.8 Å². The molecule has 1 aliphatic heterocycles. The van der Waals surface area contributed by atoms with Gasteiger partial charge >= 0.3 is 0 Å². The van der Waals surface area contributed by atoms with E-state index in [0.29, 0.717) is 49.6 Å². The summed E-state index contributed by atoms with van der Waals surface area (Å²) in [4.78, 5) is 14.0. The van der Waals surface area contributed by atoms with E-state index in [-0.39, 0.29) is 5.91 Å². The van der Waals surface area contributed by atoms with Crippen LogP contribution in [0.3, 0.4) is 0 Å². The van der Waals surface area contributed by atoms with Crippen LogP contribution >= 0.6 is 0 Å². The van der Waals surface area contributed by atoms with Crippen LogP contribution in [0.1, 0.15) is 43.7 Å². The summed E-state index contributed by atoms with van der Waals surface area (Å²) in [6, 6.07) is 5.76. The fourth-order valence-corrected chi connectivity index (χ4v) is 6.11. The van der Waals surface area contributed by atoms with Crippen LogP contribution in [0.15, 0.2) is 23.1 Å². The number of hydrogen-bond acceptors (Lipinski definition) is 3. The number of carbonyl (C=O) groups is 1. The monoisotopic (exact) mass is 408 g/mol. The van der Waals surface area contributed by atoms with Gasteiger partial charge in [-0.1, -0.05) is 37.5 Å². The summed E-state index contributed by atoms with van der Waals surface area (Å²) in [5.41, 5.74) is 1.85. The summed E-state index contributed by atoms with van der Waals surface area (Å²) in [7, 11) is -3.47. The van der Waals surface area contributed by atoms with E-state index < -0.39 is 10.0 Å². The molecule has 2 fully saturated rings. The summed E-state index contributed by atoms with van der Waals surface area (Å²) >= 11 is 0. The van der Waals surface area contributed by atoms with Crippen LogP contribution in [0.25, 0.3) is 0 Å². The lowest BCUT2D eigenvalue weighted by Crippen LogP contribution is -3.15. The third-order valence-electron chi connectivity index (χ3n) is 6.25. The van der Waals surface area contributed by atoms with Gasteiger partial charge in [0.05, 0.1) is 31.1 Å². The smallest absolute Gasteiger partial charge is 0.275 e. The highest BCUT2D eigenvalue weighted by atomic mass is 32.2. The quantitative estimate of drug-likeness (QED) is 0.760. The molecule has 1 aliphatic carbocycles. The molecule has 3 rings (SSSR count). The Kier molecular flexibility index (Phi) is 6.78. The first kappa shape index (κ1) is 21.3. The minimum Gasteiger partial charge on any atom is -0.348 e. The molecule has 2 N–H and O–H groups in total. The highest BCUT2D eigenvalue weighted by Gasteiger charge is 2.32. The van der Waals surface area contributed by atoms with E-state index in [2.05, 4.69) is 12.2 Å². The van der Waals surface area contributed by atoms with Gasteiger partial charge in [0.25, 0.3) is 5.91 Å². The molecule has 0 unspecified atom stereocenters. The van der Waals surface area contributed by atoms with E-state index >= 15 is 0 Å². The van der Waals surface area contributed by atoms with E-state index in [0.717, 1.165) is 22.4 Å². The van der Waals surface area contributed by atoms with Crippen molar-refractivity contribution in [3.63, 3.8) is 0 Å². The standard InChI is InChI=1S/C21H33N3O3S/c1-16-8-9-20(18(3)14-16)28(26,27)24-12-10-23(11-13-24)15-21(25)22-19-7-5-4-6-17(19)2/h8-9,14,17,19H,4-7,10-13,15H2,1-3H3,(H,22,25)/p+1/t17-,19+/m0/s1. The predicted octanol–water partition coefficient (Wildman–Crippen LogP) is 0.888. The Bertz CT molecular complexity index is 801. The minimum atomic E-state index is -3.47. The molecule has 2 atom stereocenters. The molecule has 1 aromatic carbocycles. The maximum atomic E-state index is 13.0. The summed E-state index contributed by atoms with van der Waals surface area (Å²) in [5, 5.41) is 3.20. The van der Waals surface area contributed by atoms with Gasteiger partial charge in [0.1, 0.15) is 0 Å². The van der Waals surface area contributed by atoms with Gasteiger partial charge in [-0.05, 0) is 44.2 Å². The van der Waals surface area contributed by atoms with E-state index in [4.69, 9.17) is 0 Å². The minimum absolute atomic E-state index is 0.0967. The molecule has 0 bridgehead atoms. The second-order valence-electron chi connectivity index (χ2n) is 8.54. The molecule has 1 saturated carbocycles. The van der Waals surface area contributed by atoms with Crippen molar-refractivity contribution in [1.29, 1.82) is 0 Å². The topological polar surface area (TPSA) is 70.9 Å². The van der Waals surface area contributed by atoms with Crippen molar-refractivity contribution in [2.45, 2.75) is 57.4 Å². The average Bonchev–Trinajstić information content (AvgIpc) is 2.64. The van der Waals surface area contributed by atoms with Gasteiger partial charge in [-0.15, -0.1) is 0 Å². The van der Waals surface area contributed by atoms with Crippen LogP contribution in [-0.4, -0.2) is 57.4 Å². The number of piperazine rings is 1. The first-order chi connectivity index (χ1) is 13.3. The molecular formula is C21H34N3O3S+. The zero-order valence-electron chi connectivity index (χ0n) is 17.3. The molecule has 0 spiro atoms. The van der Waals surface area contributed by atoms with Crippen LogP contribution < -0.4 is 10.2 Å². The molecule has 156 valence electrons. The highest BCUT2D eigenvalue weighted by Crippen LogP contribution is 2.23. The molecule has 7 heteroatoms. The van der Waals surface area contributed by atoms with Crippen molar-refractivity contribution in [2.24, 2.45) is 5.92 Å². The number of amides is 1. The number of nitrogens with one attached hydrogen (secondary N) is 2. The molecule has 0 aromatic heterocycles. The lowest BCUT2D eigenvalue weighted by Gasteiger charge is -2.33. The van der Waals surface area contributed by atoms with Gasteiger partial charge in [0.15, 0.2) is 6.54 Å². The van der Waals surface area contributed by atoms with Gasteiger partial charge in [-0.2, -0.15) is 4.31 Å². The number of carbonyl (C=O) groups excluding carboxylic acids is 1. The molecule has 0 radical (unpaired) electrons. The molecular weight excluding hydrogens is 374 g/mol. The maximum absolute atomic E-state index is 13.0. The maximum Gasteiger partial charge on any atom is 0.275 e. The van der Waals surface area contributed by atoms with Crippen molar-refractivity contribution in [1.82, 2.24) is 9.62 Å². The second kappa shape index (κ2) is 8.93. The number of hydrogen-bond donors (Lipinski definition) is 2. The number of aryl methyl sites for hydroxylation is 2. The number of benzene rings is 1. The van der Waals surface area contributed by atoms with Crippen LogP contribution in [0, 0.1) is 19.8 Å². The zero-order chi connectivity index (χ0) is 20.3. The Labute approximate surface area is 169 Å². The Morgan fingerprint density at radius 3 is 2.50 bits per heavy atom. The second-order valence-corrected chi connectivity index (χ2v) is 10.4. The summed E-state index contributed by atoms with van der Waals surface area (Å²) < 4.78 is 27.5. The summed E-state index contributed by atoms with van der Waals surface area (Å²) in [5.74, 6) is 0.645. The molecule has 28 heavy (non-hydrogen) atoms. The van der Waals surface area contributed by atoms with Crippen molar-refractivity contribution >= 4 is 15.9 Å². The van der Waals surface area contributed by atoms with Crippen molar-refractivity contribution < 1.29 is 18.1 Å². The normalized spacial score (nSPS) is 24.8. The Morgan fingerprint density at radius 2 is 1.86 bits per heavy atom. The third-order valence-corrected chi connectivity index (χ3v) is 8.31. The molecule has 1 heterocycles. The van der Waals surface area contributed by atoms with Crippen molar-refractivity contribution in [3.05, 3.63) is 29.3 Å². The van der Waals surface area contributed by atoms with Gasteiger partial charge in [0, 0.05) is 6.04 Å². The number of quaternary nitrogens is 1. The van der Waals surface area contributed by atoms with Gasteiger partial charge in [0.2, 0.25) is 10.0 Å². The van der Waals surface area contributed by atoms with E-state index in [9.17, 15) is 13.2 Å². The molecule has 6 nitrogen and oxygen atoms in total. The van der Waals surface area contributed by atoms with Gasteiger partial charge in [-0.3, -0.25) is 4.79 Å². The van der Waals surface area contributed by atoms with Gasteiger partial charge < -0.3 is 10.2 Å². The van der Waals surface area contributed by atoms with E-state index in [1.165, 1.54) is 19.3 Å². The van der Waals surface area contributed by atoms with Crippen LogP contribution in [0.2, 0.25) is 0 Å².